The Labute approximate surface area is 142 Å². The lowest BCUT2D eigenvalue weighted by atomic mass is 10.1. The summed E-state index contributed by atoms with van der Waals surface area (Å²) in [5.41, 5.74) is 2.76. The van der Waals surface area contributed by atoms with E-state index in [9.17, 15) is 9.59 Å². The maximum absolute atomic E-state index is 12.5. The zero-order valence-corrected chi connectivity index (χ0v) is 13.6. The van der Waals surface area contributed by atoms with Crippen molar-refractivity contribution in [2.45, 2.75) is 19.4 Å². The van der Waals surface area contributed by atoms with E-state index in [0.717, 1.165) is 11.3 Å². The molecule has 1 aromatic carbocycles. The van der Waals surface area contributed by atoms with Crippen molar-refractivity contribution in [3.8, 4) is 0 Å². The molecule has 0 saturated heterocycles. The van der Waals surface area contributed by atoms with Crippen molar-refractivity contribution in [1.29, 1.82) is 0 Å². The minimum Gasteiger partial charge on any atom is -0.337 e. The van der Waals surface area contributed by atoms with Crippen molar-refractivity contribution in [1.82, 2.24) is 19.5 Å². The molecule has 0 saturated carbocycles. The third-order valence-electron chi connectivity index (χ3n) is 4.31. The Balaban J connectivity index is 1.58. The molecule has 0 fully saturated rings. The second-order valence-electron chi connectivity index (χ2n) is 5.87. The Morgan fingerprint density at radius 1 is 1.25 bits per heavy atom. The van der Waals surface area contributed by atoms with Gasteiger partial charge in [0.05, 0.1) is 24.2 Å². The van der Waals surface area contributed by atoms with Gasteiger partial charge in [0.1, 0.15) is 0 Å². The SMILES string of the molecule is O=C(Cc1ccc(Cl)cc1)N1CCc2nc3cc[nH]n3c(=O)c2C1. The zero-order valence-electron chi connectivity index (χ0n) is 12.8. The number of carbonyl (C=O) groups is 1. The van der Waals surface area contributed by atoms with Crippen LogP contribution in [0.5, 0.6) is 0 Å². The molecule has 24 heavy (non-hydrogen) atoms. The highest BCUT2D eigenvalue weighted by atomic mass is 35.5. The molecule has 0 aliphatic carbocycles. The predicted molar refractivity (Wildman–Crippen MR) is 90.1 cm³/mol. The smallest absolute Gasteiger partial charge is 0.277 e. The number of nitrogens with zero attached hydrogens (tertiary/aromatic N) is 3. The highest BCUT2D eigenvalue weighted by molar-refractivity contribution is 6.30. The standard InChI is InChI=1S/C17H15ClN4O2/c18-12-3-1-11(2-4-12)9-16(23)21-8-6-14-13(10-21)17(24)22-15(20-14)5-7-19-22/h1-5,7,19H,6,8-10H2. The Bertz CT molecular complexity index is 974. The minimum atomic E-state index is -0.135. The quantitative estimate of drug-likeness (QED) is 0.772. The van der Waals surface area contributed by atoms with E-state index in [-0.39, 0.29) is 11.5 Å². The van der Waals surface area contributed by atoms with E-state index in [1.165, 1.54) is 4.52 Å². The molecule has 3 aromatic rings. The first-order chi connectivity index (χ1) is 11.6. The zero-order chi connectivity index (χ0) is 16.7. The van der Waals surface area contributed by atoms with Gasteiger partial charge in [-0.25, -0.2) is 9.50 Å². The Morgan fingerprint density at radius 3 is 2.83 bits per heavy atom. The largest absolute Gasteiger partial charge is 0.337 e. The fourth-order valence-corrected chi connectivity index (χ4v) is 3.15. The number of hydrogen-bond acceptors (Lipinski definition) is 3. The van der Waals surface area contributed by atoms with Gasteiger partial charge in [0.2, 0.25) is 5.91 Å². The first kappa shape index (κ1) is 15.0. The topological polar surface area (TPSA) is 70.5 Å². The van der Waals surface area contributed by atoms with E-state index in [2.05, 4.69) is 10.1 Å². The molecule has 7 heteroatoms. The number of amides is 1. The van der Waals surface area contributed by atoms with Gasteiger partial charge < -0.3 is 4.90 Å². The van der Waals surface area contributed by atoms with Crippen LogP contribution in [0.2, 0.25) is 5.02 Å². The highest BCUT2D eigenvalue weighted by Crippen LogP contribution is 2.17. The highest BCUT2D eigenvalue weighted by Gasteiger charge is 2.25. The molecule has 0 radical (unpaired) electrons. The third kappa shape index (κ3) is 2.59. The van der Waals surface area contributed by atoms with Crippen molar-refractivity contribution in [3.63, 3.8) is 0 Å². The van der Waals surface area contributed by atoms with Crippen LogP contribution in [0.1, 0.15) is 16.8 Å². The summed E-state index contributed by atoms with van der Waals surface area (Å²) >= 11 is 5.87. The van der Waals surface area contributed by atoms with Gasteiger partial charge in [0.15, 0.2) is 5.65 Å². The average molecular weight is 343 g/mol. The Morgan fingerprint density at radius 2 is 2.04 bits per heavy atom. The fraction of sp³-hybridized carbons (Fsp3) is 0.235. The maximum Gasteiger partial charge on any atom is 0.277 e. The maximum atomic E-state index is 12.5. The van der Waals surface area contributed by atoms with Crippen molar-refractivity contribution in [2.75, 3.05) is 6.54 Å². The molecule has 1 aliphatic heterocycles. The number of nitrogens with one attached hydrogen (secondary N) is 1. The normalized spacial score (nSPS) is 14.0. The van der Waals surface area contributed by atoms with E-state index in [1.807, 2.05) is 12.1 Å². The lowest BCUT2D eigenvalue weighted by Gasteiger charge is -2.27. The average Bonchev–Trinajstić information content (AvgIpc) is 3.05. The van der Waals surface area contributed by atoms with Gasteiger partial charge in [-0.2, -0.15) is 0 Å². The van der Waals surface area contributed by atoms with E-state index >= 15 is 0 Å². The summed E-state index contributed by atoms with van der Waals surface area (Å²) in [4.78, 5) is 31.3. The summed E-state index contributed by atoms with van der Waals surface area (Å²) in [6.45, 7) is 0.877. The van der Waals surface area contributed by atoms with Crippen molar-refractivity contribution in [2.24, 2.45) is 0 Å². The van der Waals surface area contributed by atoms with Crippen LogP contribution < -0.4 is 5.56 Å². The van der Waals surface area contributed by atoms with E-state index in [4.69, 9.17) is 11.6 Å². The molecular formula is C17H15ClN4O2. The fourth-order valence-electron chi connectivity index (χ4n) is 3.02. The first-order valence-electron chi connectivity index (χ1n) is 7.72. The van der Waals surface area contributed by atoms with Gasteiger partial charge in [-0.3, -0.25) is 14.7 Å². The Hall–Kier alpha value is -2.60. The number of halogens is 1. The van der Waals surface area contributed by atoms with Gasteiger partial charge >= 0.3 is 0 Å². The molecule has 3 heterocycles. The number of carbonyl (C=O) groups excluding carboxylic acids is 1. The second-order valence-corrected chi connectivity index (χ2v) is 6.30. The number of aromatic amines is 1. The van der Waals surface area contributed by atoms with Crippen LogP contribution in [0.15, 0.2) is 41.3 Å². The third-order valence-corrected chi connectivity index (χ3v) is 4.57. The monoisotopic (exact) mass is 342 g/mol. The number of fused-ring (bicyclic) bond motifs is 2. The summed E-state index contributed by atoms with van der Waals surface area (Å²) < 4.78 is 1.41. The number of benzene rings is 1. The van der Waals surface area contributed by atoms with Crippen LogP contribution in [0, 0.1) is 0 Å². The molecule has 4 rings (SSSR count). The van der Waals surface area contributed by atoms with Crippen LogP contribution in [-0.4, -0.2) is 31.9 Å². The molecule has 1 aliphatic rings. The second kappa shape index (κ2) is 5.79. The van der Waals surface area contributed by atoms with Crippen LogP contribution >= 0.6 is 11.6 Å². The van der Waals surface area contributed by atoms with E-state index in [1.54, 1.807) is 29.3 Å². The molecule has 0 bridgehead atoms. The summed E-state index contributed by atoms with van der Waals surface area (Å²) in [6.07, 6.45) is 2.57. The van der Waals surface area contributed by atoms with Crippen LogP contribution in [-0.2, 0) is 24.2 Å². The summed E-state index contributed by atoms with van der Waals surface area (Å²) in [5.74, 6) is -0.000967. The summed E-state index contributed by atoms with van der Waals surface area (Å²) in [5, 5.41) is 3.50. The molecule has 1 amide bonds. The van der Waals surface area contributed by atoms with Crippen LogP contribution in [0.3, 0.4) is 0 Å². The van der Waals surface area contributed by atoms with Crippen molar-refractivity contribution in [3.05, 3.63) is 68.7 Å². The lowest BCUT2D eigenvalue weighted by molar-refractivity contribution is -0.131. The predicted octanol–water partition coefficient (Wildman–Crippen LogP) is 1.80. The van der Waals surface area contributed by atoms with Gasteiger partial charge in [-0.15, -0.1) is 0 Å². The Kier molecular flexibility index (Phi) is 3.61. The molecule has 0 spiro atoms. The summed E-state index contributed by atoms with van der Waals surface area (Å²) in [7, 11) is 0. The number of H-pyrrole nitrogens is 1. The molecule has 6 nitrogen and oxygen atoms in total. The van der Waals surface area contributed by atoms with Crippen LogP contribution in [0.25, 0.3) is 5.65 Å². The molecule has 0 unspecified atom stereocenters. The molecule has 1 N–H and O–H groups in total. The number of aromatic nitrogens is 3. The molecule has 2 aromatic heterocycles. The first-order valence-corrected chi connectivity index (χ1v) is 8.10. The van der Waals surface area contributed by atoms with Crippen molar-refractivity contribution >= 4 is 23.2 Å². The molecule has 0 atom stereocenters. The van der Waals surface area contributed by atoms with Gasteiger partial charge in [-0.1, -0.05) is 23.7 Å². The summed E-state index contributed by atoms with van der Waals surface area (Å²) in [6, 6.07) is 9.00. The molecule has 122 valence electrons. The van der Waals surface area contributed by atoms with E-state index < -0.39 is 0 Å². The minimum absolute atomic E-state index is 0.000967. The van der Waals surface area contributed by atoms with Gasteiger partial charge in [0.25, 0.3) is 5.56 Å². The molecular weight excluding hydrogens is 328 g/mol. The van der Waals surface area contributed by atoms with Gasteiger partial charge in [0, 0.05) is 30.3 Å². The number of hydrogen-bond donors (Lipinski definition) is 1. The van der Waals surface area contributed by atoms with E-state index in [0.29, 0.717) is 42.2 Å². The number of rotatable bonds is 2. The van der Waals surface area contributed by atoms with Crippen LogP contribution in [0.4, 0.5) is 0 Å². The van der Waals surface area contributed by atoms with Gasteiger partial charge in [-0.05, 0) is 17.7 Å². The lowest BCUT2D eigenvalue weighted by Crippen LogP contribution is -2.40. The van der Waals surface area contributed by atoms with Crippen molar-refractivity contribution < 1.29 is 4.79 Å².